The highest BCUT2D eigenvalue weighted by atomic mass is 35.5. The summed E-state index contributed by atoms with van der Waals surface area (Å²) >= 11 is 1.68. The van der Waals surface area contributed by atoms with Gasteiger partial charge in [-0.3, -0.25) is 0 Å². The van der Waals surface area contributed by atoms with Crippen molar-refractivity contribution in [1.29, 1.82) is 0 Å². The number of rotatable bonds is 4. The Hall–Kier alpha value is -1.10. The molecule has 0 saturated heterocycles. The van der Waals surface area contributed by atoms with Crippen molar-refractivity contribution in [1.82, 2.24) is 10.3 Å². The summed E-state index contributed by atoms with van der Waals surface area (Å²) in [6, 6.07) is 4.64. The second-order valence-corrected chi connectivity index (χ2v) is 10.0. The first-order valence-electron chi connectivity index (χ1n) is 8.95. The molecule has 2 rings (SSSR count). The van der Waals surface area contributed by atoms with Crippen LogP contribution in [0.1, 0.15) is 71.5 Å². The first-order valence-corrected chi connectivity index (χ1v) is 9.83. The number of benzene rings is 1. The van der Waals surface area contributed by atoms with Crippen LogP contribution in [0.4, 0.5) is 0 Å². The number of halogens is 1. The van der Waals surface area contributed by atoms with Gasteiger partial charge >= 0.3 is 0 Å². The fourth-order valence-electron chi connectivity index (χ4n) is 2.74. The number of aromatic hydroxyl groups is 1. The lowest BCUT2D eigenvalue weighted by atomic mass is 9.78. The molecule has 0 radical (unpaired) electrons. The Bertz CT molecular complexity index is 704. The molecular formula is C21H33ClN2OS. The van der Waals surface area contributed by atoms with Crippen molar-refractivity contribution in [2.75, 3.05) is 0 Å². The predicted molar refractivity (Wildman–Crippen MR) is 116 cm³/mol. The number of nitrogens with one attached hydrogen (secondary N) is 1. The van der Waals surface area contributed by atoms with Gasteiger partial charge in [0.2, 0.25) is 0 Å². The van der Waals surface area contributed by atoms with Crippen molar-refractivity contribution in [3.05, 3.63) is 33.6 Å². The third-order valence-electron chi connectivity index (χ3n) is 4.23. The van der Waals surface area contributed by atoms with Crippen LogP contribution in [0.15, 0.2) is 17.5 Å². The number of phenolic OH excluding ortho intramolecular Hbond substituents is 1. The zero-order valence-electron chi connectivity index (χ0n) is 17.2. The molecule has 0 fully saturated rings. The van der Waals surface area contributed by atoms with Crippen molar-refractivity contribution in [2.24, 2.45) is 0 Å². The molecule has 2 N–H and O–H groups in total. The Morgan fingerprint density at radius 3 is 1.96 bits per heavy atom. The van der Waals surface area contributed by atoms with Gasteiger partial charge in [-0.15, -0.1) is 23.7 Å². The van der Waals surface area contributed by atoms with E-state index in [0.29, 0.717) is 11.8 Å². The van der Waals surface area contributed by atoms with Gasteiger partial charge in [0.25, 0.3) is 0 Å². The Kier molecular flexibility index (Phi) is 7.31. The van der Waals surface area contributed by atoms with Gasteiger partial charge in [-0.1, -0.05) is 55.4 Å². The second kappa shape index (κ2) is 8.28. The van der Waals surface area contributed by atoms with Crippen molar-refractivity contribution < 1.29 is 5.11 Å². The summed E-state index contributed by atoms with van der Waals surface area (Å²) in [6.45, 7) is 17.9. The highest BCUT2D eigenvalue weighted by Gasteiger charge is 2.27. The second-order valence-electron chi connectivity index (χ2n) is 9.08. The minimum atomic E-state index is -0.127. The van der Waals surface area contributed by atoms with Crippen LogP contribution in [0.3, 0.4) is 0 Å². The van der Waals surface area contributed by atoms with Crippen LogP contribution in [-0.2, 0) is 17.4 Å². The quantitative estimate of drug-likeness (QED) is 0.663. The van der Waals surface area contributed by atoms with Crippen LogP contribution in [0.25, 0.3) is 11.3 Å². The largest absolute Gasteiger partial charge is 0.507 e. The standard InChI is InChI=1S/C21H32N2OS.ClH/c1-13(2)22-11-18-23-17(12-25-18)14-9-15(20(3,4)5)19(24)16(10-14)21(6,7)8;/h9-10,12-13,22,24H,11H2,1-8H3;1H. The Morgan fingerprint density at radius 1 is 1.04 bits per heavy atom. The summed E-state index contributed by atoms with van der Waals surface area (Å²) < 4.78 is 0. The highest BCUT2D eigenvalue weighted by molar-refractivity contribution is 7.09. The SMILES string of the molecule is CC(C)NCc1nc(-c2cc(C(C)(C)C)c(O)c(C(C)(C)C)c2)cs1.Cl. The zero-order valence-corrected chi connectivity index (χ0v) is 18.9. The number of hydrogen-bond donors (Lipinski definition) is 2. The fraction of sp³-hybridized carbons (Fsp3) is 0.571. The van der Waals surface area contributed by atoms with E-state index in [-0.39, 0.29) is 23.2 Å². The maximum atomic E-state index is 10.9. The van der Waals surface area contributed by atoms with Gasteiger partial charge in [0.15, 0.2) is 0 Å². The minimum absolute atomic E-state index is 0. The lowest BCUT2D eigenvalue weighted by Crippen LogP contribution is -2.21. The van der Waals surface area contributed by atoms with E-state index < -0.39 is 0 Å². The molecule has 0 bridgehead atoms. The van der Waals surface area contributed by atoms with Crippen molar-refractivity contribution in [3.8, 4) is 17.0 Å². The Labute approximate surface area is 168 Å². The van der Waals surface area contributed by atoms with Gasteiger partial charge in [-0.25, -0.2) is 4.98 Å². The topological polar surface area (TPSA) is 45.2 Å². The van der Waals surface area contributed by atoms with E-state index in [1.165, 1.54) is 0 Å². The van der Waals surface area contributed by atoms with Gasteiger partial charge in [0.05, 0.1) is 5.69 Å². The molecule has 146 valence electrons. The van der Waals surface area contributed by atoms with E-state index in [2.05, 4.69) is 78.2 Å². The Balaban J connectivity index is 0.00000338. The molecular weight excluding hydrogens is 364 g/mol. The van der Waals surface area contributed by atoms with Crippen molar-refractivity contribution in [2.45, 2.75) is 78.8 Å². The van der Waals surface area contributed by atoms with Gasteiger partial charge in [0, 0.05) is 34.7 Å². The average Bonchev–Trinajstić information content (AvgIpc) is 2.91. The van der Waals surface area contributed by atoms with E-state index in [0.717, 1.165) is 33.9 Å². The van der Waals surface area contributed by atoms with E-state index in [9.17, 15) is 5.11 Å². The number of hydrogen-bond acceptors (Lipinski definition) is 4. The molecule has 0 aliphatic rings. The van der Waals surface area contributed by atoms with Crippen LogP contribution in [0, 0.1) is 0 Å². The van der Waals surface area contributed by atoms with E-state index in [1.807, 2.05) is 0 Å². The number of aromatic nitrogens is 1. The van der Waals surface area contributed by atoms with Gasteiger partial charge in [-0.2, -0.15) is 0 Å². The first-order chi connectivity index (χ1) is 11.4. The monoisotopic (exact) mass is 396 g/mol. The zero-order chi connectivity index (χ0) is 19.0. The Morgan fingerprint density at radius 2 is 1.54 bits per heavy atom. The number of thiazole rings is 1. The summed E-state index contributed by atoms with van der Waals surface area (Å²) in [5, 5.41) is 17.5. The summed E-state index contributed by atoms with van der Waals surface area (Å²) in [5.74, 6) is 0.417. The molecule has 2 aromatic rings. The molecule has 3 nitrogen and oxygen atoms in total. The minimum Gasteiger partial charge on any atom is -0.507 e. The summed E-state index contributed by atoms with van der Waals surface area (Å²) in [5.41, 5.74) is 3.77. The van der Waals surface area contributed by atoms with Crippen LogP contribution in [0.2, 0.25) is 0 Å². The van der Waals surface area contributed by atoms with E-state index >= 15 is 0 Å². The lowest BCUT2D eigenvalue weighted by molar-refractivity contribution is 0.423. The molecule has 1 aromatic carbocycles. The van der Waals surface area contributed by atoms with Crippen LogP contribution < -0.4 is 5.32 Å². The molecule has 0 atom stereocenters. The molecule has 0 aliphatic carbocycles. The highest BCUT2D eigenvalue weighted by Crippen LogP contribution is 2.42. The maximum Gasteiger partial charge on any atom is 0.123 e. The lowest BCUT2D eigenvalue weighted by Gasteiger charge is -2.28. The third-order valence-corrected chi connectivity index (χ3v) is 5.08. The molecule has 1 heterocycles. The third kappa shape index (κ3) is 5.45. The number of phenols is 1. The average molecular weight is 397 g/mol. The molecule has 1 aromatic heterocycles. The number of nitrogens with zero attached hydrogens (tertiary/aromatic N) is 1. The van der Waals surface area contributed by atoms with Crippen molar-refractivity contribution >= 4 is 23.7 Å². The van der Waals surface area contributed by atoms with Gasteiger partial charge < -0.3 is 10.4 Å². The molecule has 0 saturated carbocycles. The molecule has 0 spiro atoms. The normalized spacial score (nSPS) is 12.3. The van der Waals surface area contributed by atoms with Crippen LogP contribution >= 0.6 is 23.7 Å². The van der Waals surface area contributed by atoms with Gasteiger partial charge in [-0.05, 0) is 23.0 Å². The molecule has 0 amide bonds. The van der Waals surface area contributed by atoms with Crippen LogP contribution in [0.5, 0.6) is 5.75 Å². The van der Waals surface area contributed by atoms with E-state index in [1.54, 1.807) is 11.3 Å². The summed E-state index contributed by atoms with van der Waals surface area (Å²) in [7, 11) is 0. The van der Waals surface area contributed by atoms with E-state index in [4.69, 9.17) is 4.98 Å². The van der Waals surface area contributed by atoms with Crippen molar-refractivity contribution in [3.63, 3.8) is 0 Å². The fourth-order valence-corrected chi connectivity index (χ4v) is 3.50. The smallest absolute Gasteiger partial charge is 0.123 e. The maximum absolute atomic E-state index is 10.9. The molecule has 0 unspecified atom stereocenters. The molecule has 5 heteroatoms. The molecule has 26 heavy (non-hydrogen) atoms. The summed E-state index contributed by atoms with van der Waals surface area (Å²) in [4.78, 5) is 4.80. The van der Waals surface area contributed by atoms with Gasteiger partial charge in [0.1, 0.15) is 10.8 Å². The van der Waals surface area contributed by atoms with Crippen LogP contribution in [-0.4, -0.2) is 16.1 Å². The molecule has 0 aliphatic heterocycles. The predicted octanol–water partition coefficient (Wildman–Crippen LogP) is 6.03. The summed E-state index contributed by atoms with van der Waals surface area (Å²) in [6.07, 6.45) is 0. The first kappa shape index (κ1) is 22.9.